The number of morpholine rings is 1. The first-order chi connectivity index (χ1) is 9.50. The Balaban J connectivity index is 2.45. The predicted octanol–water partition coefficient (Wildman–Crippen LogP) is 0.864. The van der Waals surface area contributed by atoms with Gasteiger partial charge in [-0.3, -0.25) is 0 Å². The third-order valence-corrected chi connectivity index (χ3v) is 4.94. The number of benzene rings is 1. The van der Waals surface area contributed by atoms with E-state index in [1.807, 2.05) is 0 Å². The number of hydrogen-bond acceptors (Lipinski definition) is 5. The summed E-state index contributed by atoms with van der Waals surface area (Å²) >= 11 is 0. The first-order valence-corrected chi connectivity index (χ1v) is 7.44. The Morgan fingerprint density at radius 3 is 2.25 bits per heavy atom. The fraction of sp³-hybridized carbons (Fsp3) is 0.500. The third kappa shape index (κ3) is 2.72. The second-order valence-corrected chi connectivity index (χ2v) is 6.06. The molecule has 0 saturated carbocycles. The van der Waals surface area contributed by atoms with Crippen molar-refractivity contribution in [3.8, 4) is 11.5 Å². The monoisotopic (exact) mass is 305 g/mol. The first-order valence-electron chi connectivity index (χ1n) is 6.00. The van der Waals surface area contributed by atoms with E-state index in [4.69, 9.17) is 14.2 Å². The van der Waals surface area contributed by atoms with Crippen molar-refractivity contribution in [1.82, 2.24) is 4.31 Å². The molecular weight excluding hydrogens is 289 g/mol. The second kappa shape index (κ2) is 5.94. The van der Waals surface area contributed by atoms with Crippen LogP contribution < -0.4 is 9.47 Å². The molecule has 0 spiro atoms. The van der Waals surface area contributed by atoms with E-state index in [2.05, 4.69) is 0 Å². The lowest BCUT2D eigenvalue weighted by Crippen LogP contribution is -2.40. The summed E-state index contributed by atoms with van der Waals surface area (Å²) < 4.78 is 55.1. The average molecular weight is 305 g/mol. The number of hydrogen-bond donors (Lipinski definition) is 0. The van der Waals surface area contributed by atoms with Crippen molar-refractivity contribution in [3.05, 3.63) is 17.9 Å². The Morgan fingerprint density at radius 1 is 1.15 bits per heavy atom. The standard InChI is InChI=1S/C12H16FNO5S/c1-17-10-7-9(13)12(8-11(10)18-2)20(15,16)14-3-5-19-6-4-14/h7-8H,3-6H2,1-2H3. The summed E-state index contributed by atoms with van der Waals surface area (Å²) in [6.07, 6.45) is 0. The minimum Gasteiger partial charge on any atom is -0.493 e. The molecule has 0 amide bonds. The van der Waals surface area contributed by atoms with Crippen LogP contribution in [0.4, 0.5) is 4.39 Å². The van der Waals surface area contributed by atoms with Gasteiger partial charge in [0, 0.05) is 25.2 Å². The highest BCUT2D eigenvalue weighted by Crippen LogP contribution is 2.33. The van der Waals surface area contributed by atoms with Crippen molar-refractivity contribution >= 4 is 10.0 Å². The number of ether oxygens (including phenoxy) is 3. The maximum absolute atomic E-state index is 14.0. The van der Waals surface area contributed by atoms with Crippen LogP contribution in [0.15, 0.2) is 17.0 Å². The zero-order valence-electron chi connectivity index (χ0n) is 11.3. The van der Waals surface area contributed by atoms with Crippen LogP contribution in [0.2, 0.25) is 0 Å². The molecule has 1 aromatic rings. The van der Waals surface area contributed by atoms with Gasteiger partial charge in [0.1, 0.15) is 10.7 Å². The minimum atomic E-state index is -3.91. The van der Waals surface area contributed by atoms with Crippen molar-refractivity contribution in [2.45, 2.75) is 4.90 Å². The second-order valence-electron chi connectivity index (χ2n) is 4.15. The zero-order valence-corrected chi connectivity index (χ0v) is 12.1. The van der Waals surface area contributed by atoms with Crippen LogP contribution in [0.25, 0.3) is 0 Å². The van der Waals surface area contributed by atoms with Gasteiger partial charge in [-0.05, 0) is 0 Å². The maximum Gasteiger partial charge on any atom is 0.246 e. The van der Waals surface area contributed by atoms with E-state index in [1.54, 1.807) is 0 Å². The first kappa shape index (κ1) is 15.0. The van der Waals surface area contributed by atoms with E-state index < -0.39 is 20.7 Å². The molecule has 112 valence electrons. The number of sulfonamides is 1. The summed E-state index contributed by atoms with van der Waals surface area (Å²) in [6, 6.07) is 2.14. The van der Waals surface area contributed by atoms with Crippen LogP contribution in [0.5, 0.6) is 11.5 Å². The van der Waals surface area contributed by atoms with Gasteiger partial charge < -0.3 is 14.2 Å². The van der Waals surface area contributed by atoms with Crippen LogP contribution in [0.1, 0.15) is 0 Å². The quantitative estimate of drug-likeness (QED) is 0.825. The smallest absolute Gasteiger partial charge is 0.246 e. The Kier molecular flexibility index (Phi) is 4.46. The summed E-state index contributed by atoms with van der Waals surface area (Å²) in [4.78, 5) is -0.419. The summed E-state index contributed by atoms with van der Waals surface area (Å²) in [6.45, 7) is 1.01. The fourth-order valence-electron chi connectivity index (χ4n) is 1.96. The molecule has 1 aliphatic heterocycles. The van der Waals surface area contributed by atoms with Gasteiger partial charge >= 0.3 is 0 Å². The molecule has 0 N–H and O–H groups in total. The van der Waals surface area contributed by atoms with Crippen LogP contribution >= 0.6 is 0 Å². The number of rotatable bonds is 4. The van der Waals surface area contributed by atoms with E-state index in [0.717, 1.165) is 12.1 Å². The molecule has 1 fully saturated rings. The highest BCUT2D eigenvalue weighted by Gasteiger charge is 2.30. The Bertz CT molecular complexity index is 584. The minimum absolute atomic E-state index is 0.144. The van der Waals surface area contributed by atoms with Gasteiger partial charge in [-0.25, -0.2) is 12.8 Å². The van der Waals surface area contributed by atoms with Crippen molar-refractivity contribution in [1.29, 1.82) is 0 Å². The predicted molar refractivity (Wildman–Crippen MR) is 69.1 cm³/mol. The topological polar surface area (TPSA) is 65.1 Å². The average Bonchev–Trinajstić information content (AvgIpc) is 2.47. The van der Waals surface area contributed by atoms with Crippen LogP contribution in [-0.4, -0.2) is 53.2 Å². The molecule has 20 heavy (non-hydrogen) atoms. The fourth-order valence-corrected chi connectivity index (χ4v) is 3.43. The largest absolute Gasteiger partial charge is 0.493 e. The highest BCUT2D eigenvalue weighted by atomic mass is 32.2. The maximum atomic E-state index is 14.0. The zero-order chi connectivity index (χ0) is 14.8. The van der Waals surface area contributed by atoms with Gasteiger partial charge in [0.05, 0.1) is 27.4 Å². The summed E-state index contributed by atoms with van der Waals surface area (Å²) in [5.41, 5.74) is 0. The van der Waals surface area contributed by atoms with Crippen molar-refractivity contribution in [2.24, 2.45) is 0 Å². The molecule has 0 bridgehead atoms. The molecule has 0 aliphatic carbocycles. The van der Waals surface area contributed by atoms with E-state index in [1.165, 1.54) is 18.5 Å². The molecule has 8 heteroatoms. The molecule has 0 radical (unpaired) electrons. The lowest BCUT2D eigenvalue weighted by Gasteiger charge is -2.26. The van der Waals surface area contributed by atoms with Crippen LogP contribution in [0.3, 0.4) is 0 Å². The highest BCUT2D eigenvalue weighted by molar-refractivity contribution is 7.89. The van der Waals surface area contributed by atoms with Gasteiger partial charge in [-0.15, -0.1) is 0 Å². The third-order valence-electron chi connectivity index (χ3n) is 3.03. The normalized spacial score (nSPS) is 16.9. The van der Waals surface area contributed by atoms with Crippen molar-refractivity contribution < 1.29 is 27.0 Å². The number of methoxy groups -OCH3 is 2. The molecule has 1 aromatic carbocycles. The molecule has 2 rings (SSSR count). The molecule has 0 aromatic heterocycles. The Morgan fingerprint density at radius 2 is 1.70 bits per heavy atom. The molecule has 6 nitrogen and oxygen atoms in total. The lowest BCUT2D eigenvalue weighted by molar-refractivity contribution is 0.0729. The Labute approximate surface area is 117 Å². The molecule has 1 aliphatic rings. The van der Waals surface area contributed by atoms with Crippen molar-refractivity contribution in [3.63, 3.8) is 0 Å². The van der Waals surface area contributed by atoms with Gasteiger partial charge in [0.2, 0.25) is 10.0 Å². The van der Waals surface area contributed by atoms with E-state index in [-0.39, 0.29) is 24.6 Å². The SMILES string of the molecule is COc1cc(F)c(S(=O)(=O)N2CCOCC2)cc1OC. The summed E-state index contributed by atoms with van der Waals surface area (Å²) in [5.74, 6) is -0.555. The van der Waals surface area contributed by atoms with Gasteiger partial charge in [-0.2, -0.15) is 4.31 Å². The molecule has 1 saturated heterocycles. The van der Waals surface area contributed by atoms with E-state index in [0.29, 0.717) is 13.2 Å². The van der Waals surface area contributed by atoms with Gasteiger partial charge in [0.25, 0.3) is 0 Å². The summed E-state index contributed by atoms with van der Waals surface area (Å²) in [7, 11) is -1.19. The van der Waals surface area contributed by atoms with Gasteiger partial charge in [0.15, 0.2) is 11.5 Å². The molecular formula is C12H16FNO5S. The van der Waals surface area contributed by atoms with Crippen LogP contribution in [0, 0.1) is 5.82 Å². The van der Waals surface area contributed by atoms with Gasteiger partial charge in [-0.1, -0.05) is 0 Å². The summed E-state index contributed by atoms with van der Waals surface area (Å²) in [5, 5.41) is 0. The van der Waals surface area contributed by atoms with Crippen LogP contribution in [-0.2, 0) is 14.8 Å². The van der Waals surface area contributed by atoms with E-state index >= 15 is 0 Å². The number of halogens is 1. The lowest BCUT2D eigenvalue weighted by atomic mass is 10.3. The number of nitrogens with zero attached hydrogens (tertiary/aromatic N) is 1. The molecule has 0 unspecified atom stereocenters. The molecule has 0 atom stereocenters. The Hall–Kier alpha value is -1.38. The molecule has 1 heterocycles. The van der Waals surface area contributed by atoms with Crippen molar-refractivity contribution in [2.75, 3.05) is 40.5 Å². The van der Waals surface area contributed by atoms with E-state index in [9.17, 15) is 12.8 Å².